The predicted molar refractivity (Wildman–Crippen MR) is 107 cm³/mol. The second-order valence-corrected chi connectivity index (χ2v) is 7.38. The van der Waals surface area contributed by atoms with Gasteiger partial charge in [0.25, 0.3) is 5.91 Å². The Bertz CT molecular complexity index is 863. The van der Waals surface area contributed by atoms with Crippen molar-refractivity contribution in [2.24, 2.45) is 0 Å². The highest BCUT2D eigenvalue weighted by Crippen LogP contribution is 2.40. The summed E-state index contributed by atoms with van der Waals surface area (Å²) in [6.45, 7) is 1.73. The van der Waals surface area contributed by atoms with Crippen LogP contribution in [-0.2, 0) is 4.79 Å². The molecule has 27 heavy (non-hydrogen) atoms. The first kappa shape index (κ1) is 17.8. The van der Waals surface area contributed by atoms with Crippen LogP contribution >= 0.6 is 11.8 Å². The quantitative estimate of drug-likeness (QED) is 0.750. The average Bonchev–Trinajstić information content (AvgIpc) is 2.94. The fourth-order valence-electron chi connectivity index (χ4n) is 3.20. The Balaban J connectivity index is 1.59. The molecule has 2 aliphatic heterocycles. The van der Waals surface area contributed by atoms with E-state index in [0.29, 0.717) is 30.5 Å². The van der Waals surface area contributed by atoms with E-state index in [0.717, 1.165) is 34.9 Å². The van der Waals surface area contributed by atoms with Crippen LogP contribution in [0.1, 0.15) is 12.0 Å². The lowest BCUT2D eigenvalue weighted by molar-refractivity contribution is -0.114. The second kappa shape index (κ2) is 7.96. The van der Waals surface area contributed by atoms with Gasteiger partial charge in [0.1, 0.15) is 13.2 Å². The van der Waals surface area contributed by atoms with Gasteiger partial charge in [0.05, 0.1) is 12.8 Å². The van der Waals surface area contributed by atoms with Gasteiger partial charge in [-0.2, -0.15) is 0 Å². The monoisotopic (exact) mass is 383 g/mol. The van der Waals surface area contributed by atoms with Gasteiger partial charge in [-0.15, -0.1) is 11.8 Å². The molecule has 1 amide bonds. The molecule has 0 bridgehead atoms. The molecule has 140 valence electrons. The molecule has 0 spiro atoms. The Morgan fingerprint density at radius 1 is 1.22 bits per heavy atom. The number of hydrogen-bond acceptors (Lipinski definition) is 5. The van der Waals surface area contributed by atoms with E-state index in [1.165, 1.54) is 0 Å². The number of thioether (sulfide) groups is 1. The summed E-state index contributed by atoms with van der Waals surface area (Å²) < 4.78 is 16.7. The summed E-state index contributed by atoms with van der Waals surface area (Å²) in [6, 6.07) is 11.8. The number of para-hydroxylation sites is 1. The van der Waals surface area contributed by atoms with Gasteiger partial charge in [0.2, 0.25) is 5.75 Å². The van der Waals surface area contributed by atoms with Crippen LogP contribution in [0.3, 0.4) is 0 Å². The highest BCUT2D eigenvalue weighted by Gasteiger charge is 2.20. The molecule has 0 fully saturated rings. The number of rotatable bonds is 3. The fourth-order valence-corrected chi connectivity index (χ4v) is 4.20. The largest absolute Gasteiger partial charge is 0.493 e. The molecule has 0 saturated carbocycles. The van der Waals surface area contributed by atoms with Crippen LogP contribution in [0.2, 0.25) is 0 Å². The number of ether oxygens (including phenoxy) is 3. The lowest BCUT2D eigenvalue weighted by Crippen LogP contribution is -2.30. The Morgan fingerprint density at radius 3 is 2.96 bits per heavy atom. The Kier molecular flexibility index (Phi) is 5.25. The summed E-state index contributed by atoms with van der Waals surface area (Å²) in [6.07, 6.45) is 4.37. The van der Waals surface area contributed by atoms with Crippen LogP contribution < -0.4 is 19.1 Å². The molecule has 5 nitrogen and oxygen atoms in total. The van der Waals surface area contributed by atoms with Gasteiger partial charge >= 0.3 is 0 Å². The van der Waals surface area contributed by atoms with E-state index in [-0.39, 0.29) is 5.91 Å². The molecule has 0 unspecified atom stereocenters. The molecule has 0 aliphatic carbocycles. The number of hydrogen-bond donors (Lipinski definition) is 0. The summed E-state index contributed by atoms with van der Waals surface area (Å²) in [7, 11) is 1.60. The Hall–Kier alpha value is -2.60. The van der Waals surface area contributed by atoms with Gasteiger partial charge in [0.15, 0.2) is 11.5 Å². The van der Waals surface area contributed by atoms with Crippen molar-refractivity contribution in [1.29, 1.82) is 0 Å². The average molecular weight is 383 g/mol. The SMILES string of the molecule is COc1cc(/C=C/C(=O)N2CCCSc3ccccc32)cc2c1OCCO2. The third-order valence-corrected chi connectivity index (χ3v) is 5.62. The smallest absolute Gasteiger partial charge is 0.251 e. The van der Waals surface area contributed by atoms with E-state index in [1.54, 1.807) is 31.0 Å². The first-order valence-electron chi connectivity index (χ1n) is 8.95. The number of amides is 1. The van der Waals surface area contributed by atoms with E-state index in [2.05, 4.69) is 6.07 Å². The van der Waals surface area contributed by atoms with Gasteiger partial charge in [-0.3, -0.25) is 4.79 Å². The van der Waals surface area contributed by atoms with Crippen molar-refractivity contribution in [2.75, 3.05) is 37.5 Å². The van der Waals surface area contributed by atoms with Crippen molar-refractivity contribution in [3.8, 4) is 17.2 Å². The normalized spacial score (nSPS) is 16.0. The van der Waals surface area contributed by atoms with Gasteiger partial charge in [0, 0.05) is 17.5 Å². The number of anilines is 1. The lowest BCUT2D eigenvalue weighted by Gasteiger charge is -2.21. The van der Waals surface area contributed by atoms with Crippen LogP contribution in [0.5, 0.6) is 17.2 Å². The number of fused-ring (bicyclic) bond motifs is 2. The maximum Gasteiger partial charge on any atom is 0.251 e. The van der Waals surface area contributed by atoms with E-state index in [4.69, 9.17) is 14.2 Å². The van der Waals surface area contributed by atoms with Gasteiger partial charge < -0.3 is 19.1 Å². The number of carbonyl (C=O) groups is 1. The van der Waals surface area contributed by atoms with Crippen molar-refractivity contribution in [3.63, 3.8) is 0 Å². The molecule has 0 radical (unpaired) electrons. The molecule has 2 aromatic carbocycles. The number of benzene rings is 2. The summed E-state index contributed by atoms with van der Waals surface area (Å²) in [5.41, 5.74) is 1.82. The molecule has 2 heterocycles. The molecule has 4 rings (SSSR count). The fraction of sp³-hybridized carbons (Fsp3) is 0.286. The maximum atomic E-state index is 12.9. The molecule has 0 atom stereocenters. The first-order valence-corrected chi connectivity index (χ1v) is 9.94. The van der Waals surface area contributed by atoms with Crippen molar-refractivity contribution in [3.05, 3.63) is 48.0 Å². The van der Waals surface area contributed by atoms with Crippen LogP contribution in [0.15, 0.2) is 47.4 Å². The zero-order chi connectivity index (χ0) is 18.6. The molecule has 2 aromatic rings. The topological polar surface area (TPSA) is 48.0 Å². The van der Waals surface area contributed by atoms with E-state index >= 15 is 0 Å². The Morgan fingerprint density at radius 2 is 2.07 bits per heavy atom. The minimum Gasteiger partial charge on any atom is -0.493 e. The van der Waals surface area contributed by atoms with Crippen LogP contribution in [0.25, 0.3) is 6.08 Å². The van der Waals surface area contributed by atoms with Crippen molar-refractivity contribution >= 4 is 29.4 Å². The predicted octanol–water partition coefficient (Wildman–Crippen LogP) is 4.01. The zero-order valence-corrected chi connectivity index (χ0v) is 16.0. The molecular weight excluding hydrogens is 362 g/mol. The standard InChI is InChI=1S/C21H21NO4S/c1-24-17-13-15(14-18-21(17)26-11-10-25-18)7-8-20(23)22-9-4-12-27-19-6-3-2-5-16(19)22/h2-3,5-8,13-14H,4,9-12H2,1H3/b8-7+. The van der Waals surface area contributed by atoms with Crippen molar-refractivity contribution in [1.82, 2.24) is 0 Å². The van der Waals surface area contributed by atoms with Gasteiger partial charge in [-0.05, 0) is 48.1 Å². The summed E-state index contributed by atoms with van der Waals surface area (Å²) >= 11 is 1.80. The van der Waals surface area contributed by atoms with Gasteiger partial charge in [-0.1, -0.05) is 12.1 Å². The highest BCUT2D eigenvalue weighted by molar-refractivity contribution is 7.99. The molecule has 6 heteroatoms. The molecule has 0 saturated heterocycles. The molecule has 2 aliphatic rings. The maximum absolute atomic E-state index is 12.9. The third kappa shape index (κ3) is 3.76. The first-order chi connectivity index (χ1) is 13.3. The van der Waals surface area contributed by atoms with E-state index in [1.807, 2.05) is 35.2 Å². The number of carbonyl (C=O) groups excluding carboxylic acids is 1. The summed E-state index contributed by atoms with van der Waals surface area (Å²) in [5.74, 6) is 2.86. The zero-order valence-electron chi connectivity index (χ0n) is 15.1. The van der Waals surface area contributed by atoms with Crippen molar-refractivity contribution in [2.45, 2.75) is 11.3 Å². The van der Waals surface area contributed by atoms with Crippen LogP contribution in [0.4, 0.5) is 5.69 Å². The lowest BCUT2D eigenvalue weighted by atomic mass is 10.1. The summed E-state index contributed by atoms with van der Waals surface area (Å²) in [4.78, 5) is 15.9. The van der Waals surface area contributed by atoms with Gasteiger partial charge in [-0.25, -0.2) is 0 Å². The van der Waals surface area contributed by atoms with Crippen LogP contribution in [0, 0.1) is 0 Å². The minimum absolute atomic E-state index is 0.0289. The minimum atomic E-state index is -0.0289. The number of methoxy groups -OCH3 is 1. The van der Waals surface area contributed by atoms with E-state index < -0.39 is 0 Å². The molecule has 0 N–H and O–H groups in total. The second-order valence-electron chi connectivity index (χ2n) is 6.24. The molecular formula is C21H21NO4S. The summed E-state index contributed by atoms with van der Waals surface area (Å²) in [5, 5.41) is 0. The van der Waals surface area contributed by atoms with E-state index in [9.17, 15) is 4.79 Å². The Labute approximate surface area is 162 Å². The third-order valence-electron chi connectivity index (χ3n) is 4.47. The number of nitrogens with zero attached hydrogens (tertiary/aromatic N) is 1. The van der Waals surface area contributed by atoms with Crippen molar-refractivity contribution < 1.29 is 19.0 Å². The van der Waals surface area contributed by atoms with Crippen LogP contribution in [-0.4, -0.2) is 38.5 Å². The highest BCUT2D eigenvalue weighted by atomic mass is 32.2. The molecule has 0 aromatic heterocycles.